The number of para-hydroxylation sites is 2. The first-order valence-electron chi connectivity index (χ1n) is 9.96. The zero-order chi connectivity index (χ0) is 20.1. The first-order valence-corrected chi connectivity index (χ1v) is 9.96. The first-order chi connectivity index (χ1) is 14.2. The summed E-state index contributed by atoms with van der Waals surface area (Å²) in [5.74, 6) is 0.528. The third-order valence-electron chi connectivity index (χ3n) is 5.26. The van der Waals surface area contributed by atoms with Gasteiger partial charge in [0.1, 0.15) is 11.6 Å². The summed E-state index contributed by atoms with van der Waals surface area (Å²) < 4.78 is 18.8. The molecule has 2 aromatic carbocycles. The highest BCUT2D eigenvalue weighted by Gasteiger charge is 2.23. The number of aromatic nitrogens is 2. The molecule has 1 atom stereocenters. The highest BCUT2D eigenvalue weighted by Crippen LogP contribution is 2.22. The van der Waals surface area contributed by atoms with Gasteiger partial charge >= 0.3 is 0 Å². The number of benzene rings is 2. The molecule has 1 saturated heterocycles. The Morgan fingerprint density at radius 3 is 2.69 bits per heavy atom. The first kappa shape index (κ1) is 19.5. The summed E-state index contributed by atoms with van der Waals surface area (Å²) >= 11 is 0. The Morgan fingerprint density at radius 2 is 1.93 bits per heavy atom. The Bertz CT molecular complexity index is 918. The van der Waals surface area contributed by atoms with Crippen LogP contribution in [0.1, 0.15) is 23.9 Å². The normalized spacial score (nSPS) is 16.0. The van der Waals surface area contributed by atoms with Gasteiger partial charge < -0.3 is 15.0 Å². The second-order valence-electron chi connectivity index (χ2n) is 7.22. The molecule has 1 aliphatic rings. The van der Waals surface area contributed by atoms with E-state index >= 15 is 0 Å². The smallest absolute Gasteiger partial charge is 0.220 e. The van der Waals surface area contributed by atoms with E-state index in [1.165, 1.54) is 12.1 Å². The number of nitrogens with zero attached hydrogens (tertiary/aromatic N) is 2. The summed E-state index contributed by atoms with van der Waals surface area (Å²) in [6.45, 7) is 3.38. The van der Waals surface area contributed by atoms with Gasteiger partial charge in [-0.25, -0.2) is 9.37 Å². The van der Waals surface area contributed by atoms with Crippen LogP contribution < -0.4 is 5.32 Å². The molecule has 1 aliphatic heterocycles. The van der Waals surface area contributed by atoms with Crippen molar-refractivity contribution in [3.8, 4) is 0 Å². The lowest BCUT2D eigenvalue weighted by Crippen LogP contribution is -2.43. The van der Waals surface area contributed by atoms with Crippen LogP contribution >= 0.6 is 0 Å². The maximum Gasteiger partial charge on any atom is 0.220 e. The summed E-state index contributed by atoms with van der Waals surface area (Å²) in [5.41, 5.74) is 2.88. The van der Waals surface area contributed by atoms with Crippen LogP contribution in [0, 0.1) is 5.82 Å². The number of ether oxygens (including phenoxy) is 1. The van der Waals surface area contributed by atoms with Crippen molar-refractivity contribution in [1.29, 1.82) is 0 Å². The van der Waals surface area contributed by atoms with Gasteiger partial charge in [0.2, 0.25) is 5.91 Å². The number of morpholine rings is 1. The van der Waals surface area contributed by atoms with Crippen molar-refractivity contribution in [2.24, 2.45) is 0 Å². The zero-order valence-corrected chi connectivity index (χ0v) is 16.2. The van der Waals surface area contributed by atoms with Crippen molar-refractivity contribution in [1.82, 2.24) is 20.2 Å². The molecule has 152 valence electrons. The number of carbonyl (C=O) groups is 1. The number of H-pyrrole nitrogens is 1. The van der Waals surface area contributed by atoms with E-state index in [1.807, 2.05) is 24.3 Å². The number of amides is 1. The van der Waals surface area contributed by atoms with Crippen molar-refractivity contribution < 1.29 is 13.9 Å². The molecule has 0 spiro atoms. The van der Waals surface area contributed by atoms with E-state index in [4.69, 9.17) is 4.74 Å². The molecule has 6 nitrogen and oxygen atoms in total. The third kappa shape index (κ3) is 4.99. The molecule has 0 bridgehead atoms. The Labute approximate surface area is 169 Å². The molecule has 0 radical (unpaired) electrons. The van der Waals surface area contributed by atoms with Crippen LogP contribution in [0.2, 0.25) is 0 Å². The second kappa shape index (κ2) is 9.15. The summed E-state index contributed by atoms with van der Waals surface area (Å²) in [6.07, 6.45) is 0.915. The molecule has 1 aromatic heterocycles. The predicted molar refractivity (Wildman–Crippen MR) is 109 cm³/mol. The van der Waals surface area contributed by atoms with Gasteiger partial charge in [-0.15, -0.1) is 0 Å². The fourth-order valence-electron chi connectivity index (χ4n) is 3.69. The molecule has 0 unspecified atom stereocenters. The van der Waals surface area contributed by atoms with Crippen LogP contribution in [-0.4, -0.2) is 53.6 Å². The van der Waals surface area contributed by atoms with Gasteiger partial charge in [-0.05, 0) is 29.8 Å². The summed E-state index contributed by atoms with van der Waals surface area (Å²) in [4.78, 5) is 22.5. The molecule has 0 aliphatic carbocycles. The lowest BCUT2D eigenvalue weighted by atomic mass is 10.0. The van der Waals surface area contributed by atoms with E-state index < -0.39 is 0 Å². The molecule has 29 heavy (non-hydrogen) atoms. The monoisotopic (exact) mass is 396 g/mol. The number of halogens is 1. The van der Waals surface area contributed by atoms with Crippen LogP contribution in [-0.2, 0) is 16.0 Å². The van der Waals surface area contributed by atoms with Crippen LogP contribution in [0.15, 0.2) is 48.5 Å². The lowest BCUT2D eigenvalue weighted by Gasteiger charge is -2.35. The van der Waals surface area contributed by atoms with Gasteiger partial charge in [0.15, 0.2) is 0 Å². The SMILES string of the molecule is O=C(CCc1nc2ccccc2[nH]1)NC[C@H](c1ccc(F)cc1)N1CCOCC1. The summed E-state index contributed by atoms with van der Waals surface area (Å²) in [6, 6.07) is 14.3. The van der Waals surface area contributed by atoms with Gasteiger partial charge in [-0.3, -0.25) is 9.69 Å². The molecule has 7 heteroatoms. The van der Waals surface area contributed by atoms with Crippen LogP contribution in [0.3, 0.4) is 0 Å². The van der Waals surface area contributed by atoms with E-state index in [2.05, 4.69) is 20.2 Å². The molecule has 1 fully saturated rings. The molecule has 4 rings (SSSR count). The summed E-state index contributed by atoms with van der Waals surface area (Å²) in [5, 5.41) is 3.04. The van der Waals surface area contributed by atoms with Crippen molar-refractivity contribution >= 4 is 16.9 Å². The predicted octanol–water partition coefficient (Wildman–Crippen LogP) is 2.82. The summed E-state index contributed by atoms with van der Waals surface area (Å²) in [7, 11) is 0. The van der Waals surface area contributed by atoms with E-state index in [1.54, 1.807) is 12.1 Å². The van der Waals surface area contributed by atoms with Gasteiger partial charge in [0.25, 0.3) is 0 Å². The molecule has 0 saturated carbocycles. The van der Waals surface area contributed by atoms with Crippen LogP contribution in [0.4, 0.5) is 4.39 Å². The molecular formula is C22H25FN4O2. The van der Waals surface area contributed by atoms with Gasteiger partial charge in [-0.2, -0.15) is 0 Å². The lowest BCUT2D eigenvalue weighted by molar-refractivity contribution is -0.121. The van der Waals surface area contributed by atoms with Crippen molar-refractivity contribution in [2.75, 3.05) is 32.8 Å². The highest BCUT2D eigenvalue weighted by molar-refractivity contribution is 5.77. The number of hydrogen-bond acceptors (Lipinski definition) is 4. The number of carbonyl (C=O) groups excluding carboxylic acids is 1. The minimum Gasteiger partial charge on any atom is -0.379 e. The second-order valence-corrected chi connectivity index (χ2v) is 7.22. The van der Waals surface area contributed by atoms with Crippen molar-refractivity contribution in [3.63, 3.8) is 0 Å². The van der Waals surface area contributed by atoms with E-state index in [-0.39, 0.29) is 17.8 Å². The molecule has 2 N–H and O–H groups in total. The number of rotatable bonds is 7. The Balaban J connectivity index is 1.35. The average molecular weight is 396 g/mol. The minimum absolute atomic E-state index is 0.00495. The molecule has 2 heterocycles. The van der Waals surface area contributed by atoms with E-state index in [9.17, 15) is 9.18 Å². The third-order valence-corrected chi connectivity index (χ3v) is 5.26. The molecule has 3 aromatic rings. The van der Waals surface area contributed by atoms with Gasteiger partial charge in [-0.1, -0.05) is 24.3 Å². The highest BCUT2D eigenvalue weighted by atomic mass is 19.1. The van der Waals surface area contributed by atoms with Crippen LogP contribution in [0.25, 0.3) is 11.0 Å². The Kier molecular flexibility index (Phi) is 6.17. The molecular weight excluding hydrogens is 371 g/mol. The number of imidazole rings is 1. The maximum absolute atomic E-state index is 13.3. The zero-order valence-electron chi connectivity index (χ0n) is 16.2. The van der Waals surface area contributed by atoms with Crippen molar-refractivity contribution in [2.45, 2.75) is 18.9 Å². The fraction of sp³-hybridized carbons (Fsp3) is 0.364. The Morgan fingerprint density at radius 1 is 1.17 bits per heavy atom. The van der Waals surface area contributed by atoms with Gasteiger partial charge in [0.05, 0.1) is 30.3 Å². The average Bonchev–Trinajstić information content (AvgIpc) is 3.17. The Hall–Kier alpha value is -2.77. The number of aromatic amines is 1. The number of aryl methyl sites for hydroxylation is 1. The topological polar surface area (TPSA) is 70.2 Å². The maximum atomic E-state index is 13.3. The standard InChI is InChI=1S/C22H25FN4O2/c23-17-7-5-16(6-8-17)20(27-11-13-29-14-12-27)15-24-22(28)10-9-21-25-18-3-1-2-4-19(18)26-21/h1-8,20H,9-15H2,(H,24,28)(H,25,26)/t20-/m1/s1. The van der Waals surface area contributed by atoms with E-state index in [0.29, 0.717) is 32.6 Å². The van der Waals surface area contributed by atoms with E-state index in [0.717, 1.165) is 35.5 Å². The number of nitrogens with one attached hydrogen (secondary N) is 2. The number of fused-ring (bicyclic) bond motifs is 1. The quantitative estimate of drug-likeness (QED) is 0.644. The van der Waals surface area contributed by atoms with Crippen LogP contribution in [0.5, 0.6) is 0 Å². The number of hydrogen-bond donors (Lipinski definition) is 2. The van der Waals surface area contributed by atoms with Crippen molar-refractivity contribution in [3.05, 3.63) is 65.7 Å². The largest absolute Gasteiger partial charge is 0.379 e. The van der Waals surface area contributed by atoms with Gasteiger partial charge in [0, 0.05) is 32.5 Å². The fourth-order valence-corrected chi connectivity index (χ4v) is 3.69. The minimum atomic E-state index is -0.260. The molecule has 1 amide bonds.